The smallest absolute Gasteiger partial charge is 0.257 e. The van der Waals surface area contributed by atoms with Crippen molar-refractivity contribution >= 4 is 17.4 Å². The molecule has 116 valence electrons. The number of pyridine rings is 1. The zero-order chi connectivity index (χ0) is 15.8. The van der Waals surface area contributed by atoms with Crippen LogP contribution in [0, 0.1) is 0 Å². The van der Waals surface area contributed by atoms with Gasteiger partial charge in [0.15, 0.2) is 0 Å². The molecule has 2 rings (SSSR count). The molecule has 2 aromatic rings. The van der Waals surface area contributed by atoms with Crippen molar-refractivity contribution < 1.29 is 4.79 Å². The number of carbonyl (C=O) groups excluding carboxylic acids is 1. The third-order valence-corrected chi connectivity index (χ3v) is 3.15. The number of benzene rings is 1. The Morgan fingerprint density at radius 2 is 1.91 bits per heavy atom. The normalized spacial score (nSPS) is 10.5. The number of aromatic nitrogens is 1. The van der Waals surface area contributed by atoms with Gasteiger partial charge in [-0.25, -0.2) is 4.98 Å². The van der Waals surface area contributed by atoms with E-state index in [1.165, 1.54) is 0 Å². The van der Waals surface area contributed by atoms with E-state index in [0.717, 1.165) is 31.0 Å². The first kappa shape index (κ1) is 16.0. The predicted molar refractivity (Wildman–Crippen MR) is 90.3 cm³/mol. The summed E-state index contributed by atoms with van der Waals surface area (Å²) in [4.78, 5) is 18.5. The molecule has 0 fully saturated rings. The van der Waals surface area contributed by atoms with Gasteiger partial charge in [-0.3, -0.25) is 4.79 Å². The van der Waals surface area contributed by atoms with Crippen LogP contribution in [-0.4, -0.2) is 43.0 Å². The van der Waals surface area contributed by atoms with Crippen LogP contribution in [0.1, 0.15) is 16.8 Å². The molecule has 0 saturated heterocycles. The summed E-state index contributed by atoms with van der Waals surface area (Å²) < 4.78 is 0. The van der Waals surface area contributed by atoms with Crippen molar-refractivity contribution in [1.82, 2.24) is 9.88 Å². The summed E-state index contributed by atoms with van der Waals surface area (Å²) in [5.41, 5.74) is 1.32. The van der Waals surface area contributed by atoms with Gasteiger partial charge in [-0.1, -0.05) is 18.2 Å². The molecular formula is C17H22N4O. The fourth-order valence-electron chi connectivity index (χ4n) is 1.97. The summed E-state index contributed by atoms with van der Waals surface area (Å²) >= 11 is 0. The molecule has 1 aromatic carbocycles. The van der Waals surface area contributed by atoms with E-state index in [2.05, 4.69) is 34.6 Å². The van der Waals surface area contributed by atoms with Gasteiger partial charge in [0, 0.05) is 18.4 Å². The van der Waals surface area contributed by atoms with Gasteiger partial charge >= 0.3 is 0 Å². The Morgan fingerprint density at radius 3 is 2.55 bits per heavy atom. The highest BCUT2D eigenvalue weighted by atomic mass is 16.1. The Bertz CT molecular complexity index is 581. The summed E-state index contributed by atoms with van der Waals surface area (Å²) in [6.45, 7) is 1.89. The quantitative estimate of drug-likeness (QED) is 0.772. The monoisotopic (exact) mass is 298 g/mol. The van der Waals surface area contributed by atoms with E-state index >= 15 is 0 Å². The van der Waals surface area contributed by atoms with E-state index in [1.807, 2.05) is 36.4 Å². The van der Waals surface area contributed by atoms with Crippen molar-refractivity contribution in [1.29, 1.82) is 0 Å². The minimum atomic E-state index is -0.155. The molecule has 22 heavy (non-hydrogen) atoms. The summed E-state index contributed by atoms with van der Waals surface area (Å²) in [7, 11) is 4.11. The van der Waals surface area contributed by atoms with Crippen LogP contribution in [0.25, 0.3) is 0 Å². The highest BCUT2D eigenvalue weighted by molar-refractivity contribution is 6.04. The number of hydrogen-bond donors (Lipinski definition) is 2. The van der Waals surface area contributed by atoms with E-state index in [9.17, 15) is 4.79 Å². The third-order valence-electron chi connectivity index (χ3n) is 3.15. The van der Waals surface area contributed by atoms with Gasteiger partial charge in [0.2, 0.25) is 0 Å². The molecule has 5 nitrogen and oxygen atoms in total. The van der Waals surface area contributed by atoms with E-state index in [4.69, 9.17) is 0 Å². The lowest BCUT2D eigenvalue weighted by Crippen LogP contribution is -2.17. The van der Waals surface area contributed by atoms with Gasteiger partial charge < -0.3 is 15.5 Å². The zero-order valence-corrected chi connectivity index (χ0v) is 13.0. The molecule has 0 radical (unpaired) electrons. The van der Waals surface area contributed by atoms with Crippen LogP contribution in [0.5, 0.6) is 0 Å². The molecule has 0 atom stereocenters. The molecule has 1 heterocycles. The number of nitrogens with zero attached hydrogens (tertiary/aromatic N) is 2. The van der Waals surface area contributed by atoms with Crippen LogP contribution in [0.15, 0.2) is 48.7 Å². The summed E-state index contributed by atoms with van der Waals surface area (Å²) in [6, 6.07) is 13.0. The van der Waals surface area contributed by atoms with Gasteiger partial charge in [-0.05, 0) is 51.3 Å². The van der Waals surface area contributed by atoms with Gasteiger partial charge in [-0.15, -0.1) is 0 Å². The van der Waals surface area contributed by atoms with Crippen LogP contribution >= 0.6 is 0 Å². The first-order valence-corrected chi connectivity index (χ1v) is 7.36. The lowest BCUT2D eigenvalue weighted by Gasteiger charge is -2.10. The molecular weight excluding hydrogens is 276 g/mol. The van der Waals surface area contributed by atoms with Crippen LogP contribution in [-0.2, 0) is 0 Å². The lowest BCUT2D eigenvalue weighted by molar-refractivity contribution is 0.102. The number of hydrogen-bond acceptors (Lipinski definition) is 4. The molecule has 0 saturated carbocycles. The number of nitrogens with one attached hydrogen (secondary N) is 2. The Hall–Kier alpha value is -2.40. The molecule has 0 aliphatic rings. The second-order valence-electron chi connectivity index (χ2n) is 5.34. The first-order chi connectivity index (χ1) is 10.6. The van der Waals surface area contributed by atoms with Gasteiger partial charge in [0.1, 0.15) is 5.82 Å². The van der Waals surface area contributed by atoms with E-state index in [1.54, 1.807) is 12.3 Å². The largest absolute Gasteiger partial charge is 0.370 e. The Kier molecular flexibility index (Phi) is 5.91. The number of carbonyl (C=O) groups is 1. The van der Waals surface area contributed by atoms with Crippen molar-refractivity contribution in [2.45, 2.75) is 6.42 Å². The Labute approximate surface area is 131 Å². The maximum absolute atomic E-state index is 12.1. The summed E-state index contributed by atoms with van der Waals surface area (Å²) in [6.07, 6.45) is 2.64. The van der Waals surface area contributed by atoms with Crippen molar-refractivity contribution in [3.05, 3.63) is 54.2 Å². The van der Waals surface area contributed by atoms with Crippen LogP contribution in [0.2, 0.25) is 0 Å². The Balaban J connectivity index is 1.84. The number of amides is 1. The minimum absolute atomic E-state index is 0.155. The molecule has 5 heteroatoms. The first-order valence-electron chi connectivity index (χ1n) is 7.36. The van der Waals surface area contributed by atoms with Crippen molar-refractivity contribution in [2.24, 2.45) is 0 Å². The molecule has 2 N–H and O–H groups in total. The maximum Gasteiger partial charge on any atom is 0.257 e. The highest BCUT2D eigenvalue weighted by Crippen LogP contribution is 2.10. The van der Waals surface area contributed by atoms with Gasteiger partial charge in [0.25, 0.3) is 5.91 Å². The van der Waals surface area contributed by atoms with E-state index in [0.29, 0.717) is 5.56 Å². The molecule has 0 bridgehead atoms. The molecule has 0 aliphatic carbocycles. The number of anilines is 2. The van der Waals surface area contributed by atoms with E-state index < -0.39 is 0 Å². The minimum Gasteiger partial charge on any atom is -0.370 e. The fraction of sp³-hybridized carbons (Fsp3) is 0.294. The SMILES string of the molecule is CN(C)CCCNc1ccc(C(=O)Nc2ccccc2)cn1. The average Bonchev–Trinajstić information content (AvgIpc) is 2.53. The van der Waals surface area contributed by atoms with Crippen molar-refractivity contribution in [2.75, 3.05) is 37.8 Å². The second-order valence-corrected chi connectivity index (χ2v) is 5.34. The Morgan fingerprint density at radius 1 is 1.14 bits per heavy atom. The zero-order valence-electron chi connectivity index (χ0n) is 13.0. The fourth-order valence-corrected chi connectivity index (χ4v) is 1.97. The van der Waals surface area contributed by atoms with Crippen molar-refractivity contribution in [3.63, 3.8) is 0 Å². The molecule has 1 amide bonds. The standard InChI is InChI=1S/C17H22N4O/c1-21(2)12-6-11-18-16-10-9-14(13-19-16)17(22)20-15-7-4-3-5-8-15/h3-5,7-10,13H,6,11-12H2,1-2H3,(H,18,19)(H,20,22). The molecule has 0 spiro atoms. The van der Waals surface area contributed by atoms with Crippen LogP contribution in [0.4, 0.5) is 11.5 Å². The topological polar surface area (TPSA) is 57.3 Å². The number of rotatable bonds is 7. The number of para-hydroxylation sites is 1. The molecule has 0 aliphatic heterocycles. The maximum atomic E-state index is 12.1. The average molecular weight is 298 g/mol. The van der Waals surface area contributed by atoms with Crippen molar-refractivity contribution in [3.8, 4) is 0 Å². The molecule has 0 unspecified atom stereocenters. The van der Waals surface area contributed by atoms with Crippen LogP contribution < -0.4 is 10.6 Å². The van der Waals surface area contributed by atoms with E-state index in [-0.39, 0.29) is 5.91 Å². The lowest BCUT2D eigenvalue weighted by atomic mass is 10.2. The van der Waals surface area contributed by atoms with Crippen LogP contribution in [0.3, 0.4) is 0 Å². The van der Waals surface area contributed by atoms with Gasteiger partial charge in [-0.2, -0.15) is 0 Å². The molecule has 1 aromatic heterocycles. The second kappa shape index (κ2) is 8.14. The summed E-state index contributed by atoms with van der Waals surface area (Å²) in [5, 5.41) is 6.08. The highest BCUT2D eigenvalue weighted by Gasteiger charge is 2.06. The summed E-state index contributed by atoms with van der Waals surface area (Å²) in [5.74, 6) is 0.632. The predicted octanol–water partition coefficient (Wildman–Crippen LogP) is 2.70. The third kappa shape index (κ3) is 5.18. The van der Waals surface area contributed by atoms with Gasteiger partial charge in [0.05, 0.1) is 5.56 Å².